The topological polar surface area (TPSA) is 12.0 Å². The van der Waals surface area contributed by atoms with Crippen molar-refractivity contribution in [2.45, 2.75) is 40.2 Å². The van der Waals surface area contributed by atoms with Crippen LogP contribution < -0.4 is 5.32 Å². The zero-order valence-electron chi connectivity index (χ0n) is 13.3. The Labute approximate surface area is 136 Å². The molecular formula is C19H24BrN. The Kier molecular flexibility index (Phi) is 5.60. The highest BCUT2D eigenvalue weighted by Crippen LogP contribution is 2.29. The van der Waals surface area contributed by atoms with E-state index in [1.54, 1.807) is 0 Å². The molecule has 0 bridgehead atoms. The standard InChI is InChI=1S/C19H24BrN/c1-5-8-21-19(16-10-13(2)9-14(3)11-16)18-12-17(20)7-6-15(18)4/h6-7,9-12,19,21H,5,8H2,1-4H3. The summed E-state index contributed by atoms with van der Waals surface area (Å²) in [5.41, 5.74) is 6.66. The van der Waals surface area contributed by atoms with Gasteiger partial charge < -0.3 is 5.32 Å². The molecule has 112 valence electrons. The number of hydrogen-bond acceptors (Lipinski definition) is 1. The van der Waals surface area contributed by atoms with Gasteiger partial charge in [0, 0.05) is 4.47 Å². The minimum atomic E-state index is 0.251. The summed E-state index contributed by atoms with van der Waals surface area (Å²) in [5.74, 6) is 0. The van der Waals surface area contributed by atoms with Gasteiger partial charge in [0.25, 0.3) is 0 Å². The molecule has 21 heavy (non-hydrogen) atoms. The first-order valence-corrected chi connectivity index (χ1v) is 8.38. The van der Waals surface area contributed by atoms with E-state index in [1.807, 2.05) is 0 Å². The smallest absolute Gasteiger partial charge is 0.0579 e. The van der Waals surface area contributed by atoms with Gasteiger partial charge in [-0.15, -0.1) is 0 Å². The van der Waals surface area contributed by atoms with E-state index in [-0.39, 0.29) is 6.04 Å². The Bertz CT molecular complexity index is 599. The average Bonchev–Trinajstić information content (AvgIpc) is 2.42. The molecule has 2 aromatic rings. The minimum Gasteiger partial charge on any atom is -0.306 e. The average molecular weight is 346 g/mol. The molecule has 2 heteroatoms. The predicted octanol–water partition coefficient (Wildman–Crippen LogP) is 5.46. The number of halogens is 1. The molecule has 1 N–H and O–H groups in total. The molecule has 0 spiro atoms. The highest BCUT2D eigenvalue weighted by atomic mass is 79.9. The van der Waals surface area contributed by atoms with Gasteiger partial charge in [-0.2, -0.15) is 0 Å². The Morgan fingerprint density at radius 2 is 1.67 bits per heavy atom. The van der Waals surface area contributed by atoms with Crippen molar-refractivity contribution in [2.75, 3.05) is 6.54 Å². The zero-order valence-corrected chi connectivity index (χ0v) is 14.9. The second-order valence-electron chi connectivity index (χ2n) is 5.81. The molecular weight excluding hydrogens is 322 g/mol. The first kappa shape index (κ1) is 16.3. The van der Waals surface area contributed by atoms with Crippen molar-refractivity contribution < 1.29 is 0 Å². The van der Waals surface area contributed by atoms with Gasteiger partial charge in [-0.05, 0) is 62.6 Å². The van der Waals surface area contributed by atoms with E-state index in [4.69, 9.17) is 0 Å². The summed E-state index contributed by atoms with van der Waals surface area (Å²) < 4.78 is 1.13. The molecule has 1 unspecified atom stereocenters. The van der Waals surface area contributed by atoms with E-state index in [2.05, 4.69) is 85.3 Å². The van der Waals surface area contributed by atoms with Gasteiger partial charge in [0.05, 0.1) is 6.04 Å². The van der Waals surface area contributed by atoms with E-state index in [0.29, 0.717) is 0 Å². The lowest BCUT2D eigenvalue weighted by atomic mass is 9.93. The predicted molar refractivity (Wildman–Crippen MR) is 94.9 cm³/mol. The van der Waals surface area contributed by atoms with E-state index < -0.39 is 0 Å². The molecule has 2 rings (SSSR count). The Balaban J connectivity index is 2.49. The lowest BCUT2D eigenvalue weighted by molar-refractivity contribution is 0.595. The molecule has 2 aromatic carbocycles. The van der Waals surface area contributed by atoms with Crippen molar-refractivity contribution in [1.82, 2.24) is 5.32 Å². The van der Waals surface area contributed by atoms with Gasteiger partial charge in [0.1, 0.15) is 0 Å². The van der Waals surface area contributed by atoms with Crippen LogP contribution in [0.3, 0.4) is 0 Å². The second kappa shape index (κ2) is 7.24. The van der Waals surface area contributed by atoms with Gasteiger partial charge >= 0.3 is 0 Å². The zero-order chi connectivity index (χ0) is 15.4. The van der Waals surface area contributed by atoms with Crippen LogP contribution in [0.2, 0.25) is 0 Å². The Morgan fingerprint density at radius 3 is 2.29 bits per heavy atom. The van der Waals surface area contributed by atoms with Crippen molar-refractivity contribution in [1.29, 1.82) is 0 Å². The van der Waals surface area contributed by atoms with Gasteiger partial charge in [0.15, 0.2) is 0 Å². The minimum absolute atomic E-state index is 0.251. The lowest BCUT2D eigenvalue weighted by Crippen LogP contribution is -2.24. The van der Waals surface area contributed by atoms with Crippen molar-refractivity contribution >= 4 is 15.9 Å². The Morgan fingerprint density at radius 1 is 1.00 bits per heavy atom. The van der Waals surface area contributed by atoms with Crippen LogP contribution in [-0.2, 0) is 0 Å². The summed E-state index contributed by atoms with van der Waals surface area (Å²) >= 11 is 3.61. The summed E-state index contributed by atoms with van der Waals surface area (Å²) in [6.07, 6.45) is 1.13. The first-order chi connectivity index (χ1) is 10.0. The van der Waals surface area contributed by atoms with Crippen LogP contribution in [-0.4, -0.2) is 6.54 Å². The van der Waals surface area contributed by atoms with Gasteiger partial charge in [0.2, 0.25) is 0 Å². The van der Waals surface area contributed by atoms with Crippen LogP contribution in [0.1, 0.15) is 47.2 Å². The van der Waals surface area contributed by atoms with Crippen molar-refractivity contribution in [2.24, 2.45) is 0 Å². The van der Waals surface area contributed by atoms with Crippen molar-refractivity contribution in [3.63, 3.8) is 0 Å². The van der Waals surface area contributed by atoms with Gasteiger partial charge in [-0.25, -0.2) is 0 Å². The van der Waals surface area contributed by atoms with Crippen LogP contribution in [0.25, 0.3) is 0 Å². The van der Waals surface area contributed by atoms with Crippen LogP contribution in [0.5, 0.6) is 0 Å². The molecule has 0 heterocycles. The van der Waals surface area contributed by atoms with E-state index in [9.17, 15) is 0 Å². The number of hydrogen-bond donors (Lipinski definition) is 1. The second-order valence-corrected chi connectivity index (χ2v) is 6.72. The summed E-state index contributed by atoms with van der Waals surface area (Å²) in [7, 11) is 0. The van der Waals surface area contributed by atoms with Crippen LogP contribution >= 0.6 is 15.9 Å². The summed E-state index contributed by atoms with van der Waals surface area (Å²) in [6, 6.07) is 13.6. The van der Waals surface area contributed by atoms with Crippen molar-refractivity contribution in [3.05, 3.63) is 68.7 Å². The van der Waals surface area contributed by atoms with Crippen molar-refractivity contribution in [3.8, 4) is 0 Å². The maximum absolute atomic E-state index is 3.70. The Hall–Kier alpha value is -1.12. The fourth-order valence-corrected chi connectivity index (χ4v) is 3.17. The quantitative estimate of drug-likeness (QED) is 0.758. The lowest BCUT2D eigenvalue weighted by Gasteiger charge is -2.23. The van der Waals surface area contributed by atoms with E-state index in [1.165, 1.54) is 27.8 Å². The summed E-state index contributed by atoms with van der Waals surface area (Å²) in [5, 5.41) is 3.70. The van der Waals surface area contributed by atoms with E-state index >= 15 is 0 Å². The SMILES string of the molecule is CCCNC(c1cc(C)cc(C)c1)c1cc(Br)ccc1C. The molecule has 0 fully saturated rings. The molecule has 0 aromatic heterocycles. The fourth-order valence-electron chi connectivity index (χ4n) is 2.79. The van der Waals surface area contributed by atoms with E-state index in [0.717, 1.165) is 17.4 Å². The molecule has 0 radical (unpaired) electrons. The molecule has 0 aliphatic rings. The fraction of sp³-hybridized carbons (Fsp3) is 0.368. The number of nitrogens with one attached hydrogen (secondary N) is 1. The number of rotatable bonds is 5. The molecule has 0 saturated carbocycles. The highest BCUT2D eigenvalue weighted by molar-refractivity contribution is 9.10. The highest BCUT2D eigenvalue weighted by Gasteiger charge is 2.16. The summed E-state index contributed by atoms with van der Waals surface area (Å²) in [6.45, 7) is 9.75. The number of benzene rings is 2. The molecule has 0 amide bonds. The third-order valence-corrected chi connectivity index (χ3v) is 4.22. The molecule has 0 aliphatic heterocycles. The monoisotopic (exact) mass is 345 g/mol. The van der Waals surface area contributed by atoms with Gasteiger partial charge in [-0.3, -0.25) is 0 Å². The molecule has 0 aliphatic carbocycles. The van der Waals surface area contributed by atoms with Crippen LogP contribution in [0.4, 0.5) is 0 Å². The number of aryl methyl sites for hydroxylation is 3. The van der Waals surface area contributed by atoms with Crippen LogP contribution in [0.15, 0.2) is 40.9 Å². The third kappa shape index (κ3) is 4.18. The third-order valence-electron chi connectivity index (χ3n) is 3.73. The maximum atomic E-state index is 3.70. The van der Waals surface area contributed by atoms with Gasteiger partial charge in [-0.1, -0.05) is 58.2 Å². The molecule has 1 atom stereocenters. The summed E-state index contributed by atoms with van der Waals surface area (Å²) in [4.78, 5) is 0. The largest absolute Gasteiger partial charge is 0.306 e. The maximum Gasteiger partial charge on any atom is 0.0579 e. The molecule has 1 nitrogen and oxygen atoms in total. The normalized spacial score (nSPS) is 12.4. The first-order valence-electron chi connectivity index (χ1n) is 7.59. The molecule has 0 saturated heterocycles. The van der Waals surface area contributed by atoms with Crippen LogP contribution in [0, 0.1) is 20.8 Å².